The lowest BCUT2D eigenvalue weighted by molar-refractivity contribution is 0.352. The van der Waals surface area contributed by atoms with Crippen LogP contribution in [0.5, 0.6) is 17.2 Å². The molecule has 0 heterocycles. The van der Waals surface area contributed by atoms with Crippen LogP contribution < -0.4 is 24.8 Å². The third kappa shape index (κ3) is 7.44. The van der Waals surface area contributed by atoms with Crippen LogP contribution in [0.4, 0.5) is 0 Å². The number of allylic oxidation sites excluding steroid dienone is 1. The summed E-state index contributed by atoms with van der Waals surface area (Å²) in [5, 5.41) is 6.69. The number of halogens is 1. The summed E-state index contributed by atoms with van der Waals surface area (Å²) in [5.74, 6) is 3.08. The van der Waals surface area contributed by atoms with Gasteiger partial charge < -0.3 is 24.8 Å². The van der Waals surface area contributed by atoms with Gasteiger partial charge in [0.2, 0.25) is 0 Å². The lowest BCUT2D eigenvalue weighted by atomic mass is 10.1. The number of guanidine groups is 1. The SMILES string of the molecule is C=CCc1cc(CNC(=NC)NCCc2ccc(OC)cc2)cc(OC)c1OC.I. The van der Waals surface area contributed by atoms with Crippen LogP contribution in [0.1, 0.15) is 16.7 Å². The van der Waals surface area contributed by atoms with Gasteiger partial charge in [-0.05, 0) is 48.2 Å². The third-order valence-corrected chi connectivity index (χ3v) is 4.53. The Morgan fingerprint density at radius 1 is 1.00 bits per heavy atom. The van der Waals surface area contributed by atoms with Crippen LogP contribution in [0, 0.1) is 0 Å². The predicted molar refractivity (Wildman–Crippen MR) is 134 cm³/mol. The highest BCUT2D eigenvalue weighted by Crippen LogP contribution is 2.33. The summed E-state index contributed by atoms with van der Waals surface area (Å²) in [4.78, 5) is 4.30. The maximum Gasteiger partial charge on any atom is 0.191 e. The molecular weight excluding hydrogens is 493 g/mol. The van der Waals surface area contributed by atoms with Crippen LogP contribution >= 0.6 is 24.0 Å². The topological polar surface area (TPSA) is 64.1 Å². The number of rotatable bonds is 10. The molecule has 2 aromatic rings. The fraction of sp³-hybridized carbons (Fsp3) is 0.348. The molecule has 0 saturated carbocycles. The molecule has 0 atom stereocenters. The molecule has 0 aliphatic heterocycles. The van der Waals surface area contributed by atoms with Gasteiger partial charge >= 0.3 is 0 Å². The number of methoxy groups -OCH3 is 3. The molecule has 0 aliphatic rings. The first-order valence-electron chi connectivity index (χ1n) is 9.57. The van der Waals surface area contributed by atoms with Gasteiger partial charge in [-0.15, -0.1) is 30.6 Å². The van der Waals surface area contributed by atoms with Crippen molar-refractivity contribution in [3.8, 4) is 17.2 Å². The lowest BCUT2D eigenvalue weighted by Crippen LogP contribution is -2.37. The van der Waals surface area contributed by atoms with E-state index in [1.807, 2.05) is 24.3 Å². The first-order chi connectivity index (χ1) is 14.1. The van der Waals surface area contributed by atoms with Gasteiger partial charge in [-0.25, -0.2) is 0 Å². The minimum atomic E-state index is 0. The molecule has 2 rings (SSSR count). The fourth-order valence-electron chi connectivity index (χ4n) is 3.04. The summed E-state index contributed by atoms with van der Waals surface area (Å²) >= 11 is 0. The zero-order valence-corrected chi connectivity index (χ0v) is 20.5. The van der Waals surface area contributed by atoms with Gasteiger partial charge in [-0.3, -0.25) is 4.99 Å². The largest absolute Gasteiger partial charge is 0.497 e. The average Bonchev–Trinajstić information content (AvgIpc) is 2.76. The van der Waals surface area contributed by atoms with E-state index >= 15 is 0 Å². The number of nitrogens with zero attached hydrogens (tertiary/aromatic N) is 1. The maximum absolute atomic E-state index is 5.49. The molecule has 0 bridgehead atoms. The summed E-state index contributed by atoms with van der Waals surface area (Å²) < 4.78 is 16.2. The monoisotopic (exact) mass is 525 g/mol. The summed E-state index contributed by atoms with van der Waals surface area (Å²) in [6, 6.07) is 12.2. The summed E-state index contributed by atoms with van der Waals surface area (Å²) in [6.45, 7) is 5.22. The predicted octanol–water partition coefficient (Wildman–Crippen LogP) is 3.97. The number of aliphatic imine (C=N–C) groups is 1. The molecule has 0 aromatic heterocycles. The molecule has 0 amide bonds. The van der Waals surface area contributed by atoms with Crippen LogP contribution in [-0.4, -0.2) is 40.9 Å². The standard InChI is InChI=1S/C23H31N3O3.HI/c1-6-7-19-14-18(15-21(28-4)22(19)29-5)16-26-23(24-2)25-13-12-17-8-10-20(27-3)11-9-17;/h6,8-11,14-15H,1,7,12-13,16H2,2-5H3,(H2,24,25,26);1H. The van der Waals surface area contributed by atoms with Crippen LogP contribution in [0.15, 0.2) is 54.0 Å². The Morgan fingerprint density at radius 2 is 1.73 bits per heavy atom. The van der Waals surface area contributed by atoms with Crippen molar-refractivity contribution < 1.29 is 14.2 Å². The molecule has 0 saturated heterocycles. The number of ether oxygens (including phenoxy) is 3. The van der Waals surface area contributed by atoms with Crippen LogP contribution in [0.2, 0.25) is 0 Å². The average molecular weight is 525 g/mol. The van der Waals surface area contributed by atoms with Gasteiger partial charge in [-0.2, -0.15) is 0 Å². The molecule has 6 nitrogen and oxygen atoms in total. The second-order valence-corrected chi connectivity index (χ2v) is 6.43. The molecule has 0 spiro atoms. The Balaban J connectivity index is 0.00000450. The van der Waals surface area contributed by atoms with E-state index < -0.39 is 0 Å². The first-order valence-corrected chi connectivity index (χ1v) is 9.57. The van der Waals surface area contributed by atoms with E-state index in [0.717, 1.165) is 41.6 Å². The quantitative estimate of drug-likeness (QED) is 0.213. The van der Waals surface area contributed by atoms with Gasteiger partial charge in [0.05, 0.1) is 21.3 Å². The second kappa shape index (κ2) is 13.7. The van der Waals surface area contributed by atoms with Crippen LogP contribution in [-0.2, 0) is 19.4 Å². The van der Waals surface area contributed by atoms with Crippen molar-refractivity contribution in [3.63, 3.8) is 0 Å². The minimum absolute atomic E-state index is 0. The zero-order valence-electron chi connectivity index (χ0n) is 18.2. The number of nitrogens with one attached hydrogen (secondary N) is 2. The highest BCUT2D eigenvalue weighted by molar-refractivity contribution is 14.0. The highest BCUT2D eigenvalue weighted by atomic mass is 127. The Hall–Kier alpha value is -2.42. The molecule has 0 aliphatic carbocycles. The molecule has 0 fully saturated rings. The Morgan fingerprint density at radius 3 is 2.30 bits per heavy atom. The van der Waals surface area contributed by atoms with Gasteiger partial charge in [0.15, 0.2) is 17.5 Å². The maximum atomic E-state index is 5.49. The van der Waals surface area contributed by atoms with Crippen LogP contribution in [0.25, 0.3) is 0 Å². The van der Waals surface area contributed by atoms with E-state index in [0.29, 0.717) is 18.7 Å². The summed E-state index contributed by atoms with van der Waals surface area (Å²) in [6.07, 6.45) is 3.46. The molecular formula is C23H32IN3O3. The summed E-state index contributed by atoms with van der Waals surface area (Å²) in [5.41, 5.74) is 3.36. The van der Waals surface area contributed by atoms with E-state index in [9.17, 15) is 0 Å². The molecule has 30 heavy (non-hydrogen) atoms. The Kier molecular flexibility index (Phi) is 11.7. The highest BCUT2D eigenvalue weighted by Gasteiger charge is 2.12. The van der Waals surface area contributed by atoms with Gasteiger partial charge in [0.1, 0.15) is 5.75 Å². The third-order valence-electron chi connectivity index (χ3n) is 4.53. The molecule has 0 radical (unpaired) electrons. The smallest absolute Gasteiger partial charge is 0.191 e. The normalized spacial score (nSPS) is 10.6. The van der Waals surface area contributed by atoms with Gasteiger partial charge in [-0.1, -0.05) is 18.2 Å². The minimum Gasteiger partial charge on any atom is -0.497 e. The molecule has 164 valence electrons. The zero-order chi connectivity index (χ0) is 21.1. The van der Waals surface area contributed by atoms with E-state index in [-0.39, 0.29) is 24.0 Å². The number of hydrogen-bond donors (Lipinski definition) is 2. The van der Waals surface area contributed by atoms with Gasteiger partial charge in [0, 0.05) is 25.7 Å². The first kappa shape index (κ1) is 25.6. The molecule has 7 heteroatoms. The van der Waals surface area contributed by atoms with Crippen LogP contribution in [0.3, 0.4) is 0 Å². The van der Waals surface area contributed by atoms with E-state index in [1.165, 1.54) is 5.56 Å². The van der Waals surface area contributed by atoms with Gasteiger partial charge in [0.25, 0.3) is 0 Å². The summed E-state index contributed by atoms with van der Waals surface area (Å²) in [7, 11) is 6.73. The van der Waals surface area contributed by atoms with E-state index in [2.05, 4.69) is 40.4 Å². The Bertz CT molecular complexity index is 823. The lowest BCUT2D eigenvalue weighted by Gasteiger charge is -2.16. The van der Waals surface area contributed by atoms with E-state index in [4.69, 9.17) is 14.2 Å². The van der Waals surface area contributed by atoms with Crippen molar-refractivity contribution in [3.05, 3.63) is 65.7 Å². The number of benzene rings is 2. The molecule has 2 aromatic carbocycles. The fourth-order valence-corrected chi connectivity index (χ4v) is 3.04. The van der Waals surface area contributed by atoms with Crippen molar-refractivity contribution in [1.82, 2.24) is 10.6 Å². The van der Waals surface area contributed by atoms with Crippen molar-refractivity contribution in [2.24, 2.45) is 4.99 Å². The Labute approximate surface area is 196 Å². The van der Waals surface area contributed by atoms with E-state index in [1.54, 1.807) is 28.4 Å². The number of hydrogen-bond acceptors (Lipinski definition) is 4. The van der Waals surface area contributed by atoms with Crippen molar-refractivity contribution >= 4 is 29.9 Å². The molecule has 0 unspecified atom stereocenters. The molecule has 2 N–H and O–H groups in total. The van der Waals surface area contributed by atoms with Crippen molar-refractivity contribution in [2.75, 3.05) is 34.9 Å². The van der Waals surface area contributed by atoms with Crippen molar-refractivity contribution in [1.29, 1.82) is 0 Å². The van der Waals surface area contributed by atoms with Crippen molar-refractivity contribution in [2.45, 2.75) is 19.4 Å². The second-order valence-electron chi connectivity index (χ2n) is 6.43.